The van der Waals surface area contributed by atoms with E-state index in [1.54, 1.807) is 19.3 Å². The Labute approximate surface area is 117 Å². The average molecular weight is 287 g/mol. The van der Waals surface area contributed by atoms with Crippen LogP contribution >= 0.6 is 0 Å². The SMILES string of the molecule is CC(CC(F)(F)F)NC1CCN(c2ccncc2)CC1. The number of nitrogens with zero attached hydrogens (tertiary/aromatic N) is 2. The molecule has 0 radical (unpaired) electrons. The number of aromatic nitrogens is 1. The molecule has 20 heavy (non-hydrogen) atoms. The second-order valence-electron chi connectivity index (χ2n) is 5.35. The summed E-state index contributed by atoms with van der Waals surface area (Å²) in [6.07, 6.45) is 0.382. The fraction of sp³-hybridized carbons (Fsp3) is 0.643. The van der Waals surface area contributed by atoms with Crippen molar-refractivity contribution in [2.45, 2.75) is 44.4 Å². The Hall–Kier alpha value is -1.30. The van der Waals surface area contributed by atoms with Crippen LogP contribution in [0.15, 0.2) is 24.5 Å². The molecule has 0 amide bonds. The zero-order chi connectivity index (χ0) is 14.6. The third-order valence-corrected chi connectivity index (χ3v) is 3.58. The lowest BCUT2D eigenvalue weighted by Crippen LogP contribution is -2.46. The van der Waals surface area contributed by atoms with E-state index in [-0.39, 0.29) is 6.04 Å². The van der Waals surface area contributed by atoms with Gasteiger partial charge in [0, 0.05) is 43.3 Å². The summed E-state index contributed by atoms with van der Waals surface area (Å²) in [4.78, 5) is 6.23. The van der Waals surface area contributed by atoms with Crippen LogP contribution in [0.25, 0.3) is 0 Å². The molecule has 0 saturated carbocycles. The Kier molecular flexibility index (Phi) is 4.86. The maximum absolute atomic E-state index is 12.3. The summed E-state index contributed by atoms with van der Waals surface area (Å²) in [6, 6.07) is 3.57. The van der Waals surface area contributed by atoms with E-state index in [9.17, 15) is 13.2 Å². The first kappa shape index (κ1) is 15.1. The van der Waals surface area contributed by atoms with E-state index in [0.717, 1.165) is 31.6 Å². The van der Waals surface area contributed by atoms with Crippen LogP contribution in [0.5, 0.6) is 0 Å². The van der Waals surface area contributed by atoms with Gasteiger partial charge in [0.25, 0.3) is 0 Å². The second kappa shape index (κ2) is 6.43. The molecule has 0 spiro atoms. The number of piperidine rings is 1. The first-order chi connectivity index (χ1) is 9.44. The molecule has 1 aromatic heterocycles. The normalized spacial score (nSPS) is 19.1. The molecule has 2 heterocycles. The number of hydrogen-bond acceptors (Lipinski definition) is 3. The first-order valence-corrected chi connectivity index (χ1v) is 6.92. The predicted molar refractivity (Wildman–Crippen MR) is 72.7 cm³/mol. The van der Waals surface area contributed by atoms with Crippen LogP contribution in [0, 0.1) is 0 Å². The molecule has 112 valence electrons. The van der Waals surface area contributed by atoms with Crippen LogP contribution < -0.4 is 10.2 Å². The fourth-order valence-electron chi connectivity index (χ4n) is 2.67. The fourth-order valence-corrected chi connectivity index (χ4v) is 2.67. The molecule has 0 aromatic carbocycles. The van der Waals surface area contributed by atoms with Gasteiger partial charge in [-0.3, -0.25) is 4.98 Å². The van der Waals surface area contributed by atoms with Gasteiger partial charge in [-0.25, -0.2) is 0 Å². The summed E-state index contributed by atoms with van der Waals surface area (Å²) in [6.45, 7) is 3.32. The molecule has 6 heteroatoms. The van der Waals surface area contributed by atoms with E-state index in [0.29, 0.717) is 0 Å². The van der Waals surface area contributed by atoms with Crippen LogP contribution in [0.1, 0.15) is 26.2 Å². The first-order valence-electron chi connectivity index (χ1n) is 6.92. The van der Waals surface area contributed by atoms with Crippen LogP contribution in [-0.2, 0) is 0 Å². The molecule has 0 aliphatic carbocycles. The van der Waals surface area contributed by atoms with E-state index in [1.165, 1.54) is 0 Å². The summed E-state index contributed by atoms with van der Waals surface area (Å²) < 4.78 is 36.9. The van der Waals surface area contributed by atoms with Crippen molar-refractivity contribution >= 4 is 5.69 Å². The molecule has 3 nitrogen and oxygen atoms in total. The molecule has 1 fully saturated rings. The van der Waals surface area contributed by atoms with Gasteiger partial charge in [0.1, 0.15) is 0 Å². The van der Waals surface area contributed by atoms with Crippen molar-refractivity contribution in [1.82, 2.24) is 10.3 Å². The van der Waals surface area contributed by atoms with Crippen molar-refractivity contribution in [3.63, 3.8) is 0 Å². The third kappa shape index (κ3) is 4.67. The smallest absolute Gasteiger partial charge is 0.371 e. The summed E-state index contributed by atoms with van der Waals surface area (Å²) in [5, 5.41) is 3.09. The van der Waals surface area contributed by atoms with Crippen molar-refractivity contribution in [2.24, 2.45) is 0 Å². The van der Waals surface area contributed by atoms with Crippen LogP contribution in [0.2, 0.25) is 0 Å². The zero-order valence-electron chi connectivity index (χ0n) is 11.5. The van der Waals surface area contributed by atoms with E-state index in [4.69, 9.17) is 0 Å². The van der Waals surface area contributed by atoms with E-state index in [2.05, 4.69) is 15.2 Å². The number of halogens is 3. The van der Waals surface area contributed by atoms with Gasteiger partial charge in [-0.2, -0.15) is 13.2 Å². The van der Waals surface area contributed by atoms with Crippen molar-refractivity contribution in [1.29, 1.82) is 0 Å². The molecule has 2 rings (SSSR count). The van der Waals surface area contributed by atoms with Gasteiger partial charge < -0.3 is 10.2 Å². The summed E-state index contributed by atoms with van der Waals surface area (Å²) in [5.74, 6) is 0. The maximum atomic E-state index is 12.3. The van der Waals surface area contributed by atoms with E-state index in [1.807, 2.05) is 12.1 Å². The van der Waals surface area contributed by atoms with Gasteiger partial charge in [0.05, 0.1) is 6.42 Å². The quantitative estimate of drug-likeness (QED) is 0.922. The van der Waals surface area contributed by atoms with Gasteiger partial charge >= 0.3 is 6.18 Å². The molecular weight excluding hydrogens is 267 g/mol. The van der Waals surface area contributed by atoms with Crippen LogP contribution in [0.4, 0.5) is 18.9 Å². The van der Waals surface area contributed by atoms with Crippen molar-refractivity contribution in [2.75, 3.05) is 18.0 Å². The lowest BCUT2D eigenvalue weighted by molar-refractivity contribution is -0.139. The van der Waals surface area contributed by atoms with Gasteiger partial charge in [0.2, 0.25) is 0 Å². The highest BCUT2D eigenvalue weighted by molar-refractivity contribution is 5.44. The van der Waals surface area contributed by atoms with Crippen molar-refractivity contribution < 1.29 is 13.2 Å². The molecule has 1 N–H and O–H groups in total. The molecule has 1 aromatic rings. The number of pyridine rings is 1. The lowest BCUT2D eigenvalue weighted by atomic mass is 10.0. The Morgan fingerprint density at radius 3 is 2.45 bits per heavy atom. The highest BCUT2D eigenvalue weighted by atomic mass is 19.4. The monoisotopic (exact) mass is 287 g/mol. The largest absolute Gasteiger partial charge is 0.390 e. The molecule has 1 unspecified atom stereocenters. The molecule has 1 atom stereocenters. The van der Waals surface area contributed by atoms with Crippen molar-refractivity contribution in [3.05, 3.63) is 24.5 Å². The molecule has 1 aliphatic rings. The number of rotatable bonds is 4. The minimum Gasteiger partial charge on any atom is -0.371 e. The zero-order valence-corrected chi connectivity index (χ0v) is 11.5. The summed E-state index contributed by atoms with van der Waals surface area (Å²) in [7, 11) is 0. The van der Waals surface area contributed by atoms with Gasteiger partial charge in [0.15, 0.2) is 0 Å². The number of anilines is 1. The highest BCUT2D eigenvalue weighted by Gasteiger charge is 2.31. The van der Waals surface area contributed by atoms with E-state index < -0.39 is 18.6 Å². The Morgan fingerprint density at radius 2 is 1.90 bits per heavy atom. The Bertz CT molecular complexity index is 400. The Morgan fingerprint density at radius 1 is 1.30 bits per heavy atom. The average Bonchev–Trinajstić information content (AvgIpc) is 2.38. The molecule has 1 saturated heterocycles. The van der Waals surface area contributed by atoms with Crippen molar-refractivity contribution in [3.8, 4) is 0 Å². The van der Waals surface area contributed by atoms with Gasteiger partial charge in [-0.05, 0) is 31.9 Å². The number of nitrogens with one attached hydrogen (secondary N) is 1. The summed E-state index contributed by atoms with van der Waals surface area (Å²) in [5.41, 5.74) is 1.13. The third-order valence-electron chi connectivity index (χ3n) is 3.58. The van der Waals surface area contributed by atoms with Gasteiger partial charge in [-0.1, -0.05) is 0 Å². The summed E-state index contributed by atoms with van der Waals surface area (Å²) >= 11 is 0. The van der Waals surface area contributed by atoms with Gasteiger partial charge in [-0.15, -0.1) is 0 Å². The Balaban J connectivity index is 1.77. The van der Waals surface area contributed by atoms with Crippen LogP contribution in [-0.4, -0.2) is 36.3 Å². The highest BCUT2D eigenvalue weighted by Crippen LogP contribution is 2.23. The minimum atomic E-state index is -4.09. The van der Waals surface area contributed by atoms with E-state index >= 15 is 0 Å². The number of alkyl halides is 3. The molecule has 1 aliphatic heterocycles. The minimum absolute atomic E-state index is 0.172. The number of hydrogen-bond donors (Lipinski definition) is 1. The standard InChI is InChI=1S/C14H20F3N3/c1-11(10-14(15,16)17)19-12-4-8-20(9-5-12)13-2-6-18-7-3-13/h2-3,6-7,11-12,19H,4-5,8-10H2,1H3. The maximum Gasteiger partial charge on any atom is 0.390 e. The predicted octanol–water partition coefficient (Wildman–Crippen LogP) is 2.98. The topological polar surface area (TPSA) is 28.2 Å². The lowest BCUT2D eigenvalue weighted by Gasteiger charge is -2.35. The van der Waals surface area contributed by atoms with Crippen LogP contribution in [0.3, 0.4) is 0 Å². The molecular formula is C14H20F3N3. The second-order valence-corrected chi connectivity index (χ2v) is 5.35. The molecule has 0 bridgehead atoms.